The molecule has 1 N–H and O–H groups in total. The van der Waals surface area contributed by atoms with Gasteiger partial charge in [-0.1, -0.05) is 19.6 Å². The summed E-state index contributed by atoms with van der Waals surface area (Å²) >= 11 is 0. The second-order valence-corrected chi connectivity index (χ2v) is 15.1. The third-order valence-corrected chi connectivity index (χ3v) is 6.14. The lowest BCUT2D eigenvalue weighted by atomic mass is 10.2. The first kappa shape index (κ1) is 22.4. The van der Waals surface area contributed by atoms with E-state index in [0.717, 1.165) is 12.5 Å². The molecule has 8 nitrogen and oxygen atoms in total. The van der Waals surface area contributed by atoms with Crippen molar-refractivity contribution in [1.82, 2.24) is 14.5 Å². The third-order valence-electron chi connectivity index (χ3n) is 4.43. The van der Waals surface area contributed by atoms with Crippen LogP contribution in [0.1, 0.15) is 56.0 Å². The van der Waals surface area contributed by atoms with Gasteiger partial charge in [0.15, 0.2) is 5.69 Å². The smallest absolute Gasteiger partial charge is 0.410 e. The molecule has 28 heavy (non-hydrogen) atoms. The Hall–Kier alpha value is -1.87. The van der Waals surface area contributed by atoms with Crippen molar-refractivity contribution in [2.24, 2.45) is 0 Å². The molecular formula is C19H33N3O5Si. The van der Waals surface area contributed by atoms with Gasteiger partial charge in [0.05, 0.1) is 6.04 Å². The van der Waals surface area contributed by atoms with Crippen LogP contribution in [0.5, 0.6) is 0 Å². The molecule has 0 aliphatic carbocycles. The van der Waals surface area contributed by atoms with E-state index >= 15 is 0 Å². The number of hydrogen-bond donors (Lipinski definition) is 1. The first-order valence-corrected chi connectivity index (χ1v) is 13.5. The van der Waals surface area contributed by atoms with Crippen LogP contribution < -0.4 is 0 Å². The molecule has 9 heteroatoms. The van der Waals surface area contributed by atoms with Crippen LogP contribution in [-0.4, -0.2) is 58.4 Å². The zero-order valence-electron chi connectivity index (χ0n) is 17.8. The van der Waals surface area contributed by atoms with Gasteiger partial charge < -0.3 is 19.1 Å². The van der Waals surface area contributed by atoms with Crippen LogP contribution in [0.3, 0.4) is 0 Å². The molecule has 2 heterocycles. The normalized spacial score (nSPS) is 17.8. The van der Waals surface area contributed by atoms with Gasteiger partial charge in [0, 0.05) is 27.4 Å². The molecule has 1 amide bonds. The van der Waals surface area contributed by atoms with Crippen LogP contribution >= 0.6 is 0 Å². The predicted octanol–water partition coefficient (Wildman–Crippen LogP) is 3.97. The highest BCUT2D eigenvalue weighted by Crippen LogP contribution is 2.33. The van der Waals surface area contributed by atoms with Crippen molar-refractivity contribution in [1.29, 1.82) is 0 Å². The van der Waals surface area contributed by atoms with E-state index in [4.69, 9.17) is 9.47 Å². The van der Waals surface area contributed by atoms with Crippen molar-refractivity contribution in [3.63, 3.8) is 0 Å². The fourth-order valence-electron chi connectivity index (χ4n) is 3.02. The molecule has 1 aliphatic heterocycles. The Labute approximate surface area is 167 Å². The summed E-state index contributed by atoms with van der Waals surface area (Å²) in [5, 5.41) is 9.36. The first-order chi connectivity index (χ1) is 12.9. The number of amides is 1. The summed E-state index contributed by atoms with van der Waals surface area (Å²) in [5.41, 5.74) is -0.633. The van der Waals surface area contributed by atoms with Gasteiger partial charge in [-0.3, -0.25) is 4.90 Å². The number of carbonyl (C=O) groups is 2. The molecule has 0 bridgehead atoms. The molecular weight excluding hydrogens is 378 g/mol. The summed E-state index contributed by atoms with van der Waals surface area (Å²) in [6, 6.07) is 0.708. The van der Waals surface area contributed by atoms with Crippen molar-refractivity contribution in [2.75, 3.05) is 13.2 Å². The zero-order chi connectivity index (χ0) is 21.1. The molecule has 0 saturated carbocycles. The number of ether oxygens (including phenoxy) is 2. The molecule has 0 radical (unpaired) electrons. The average molecular weight is 412 g/mol. The zero-order valence-corrected chi connectivity index (χ0v) is 18.8. The third kappa shape index (κ3) is 6.34. The molecule has 1 unspecified atom stereocenters. The highest BCUT2D eigenvalue weighted by atomic mass is 28.3. The van der Waals surface area contributed by atoms with E-state index in [-0.39, 0.29) is 18.5 Å². The molecule has 1 aromatic heterocycles. The maximum absolute atomic E-state index is 12.6. The first-order valence-electron chi connectivity index (χ1n) is 9.75. The van der Waals surface area contributed by atoms with Crippen molar-refractivity contribution < 1.29 is 24.2 Å². The Balaban J connectivity index is 2.17. The quantitative estimate of drug-likeness (QED) is 0.539. The van der Waals surface area contributed by atoms with E-state index in [2.05, 4.69) is 24.6 Å². The highest BCUT2D eigenvalue weighted by molar-refractivity contribution is 6.76. The summed E-state index contributed by atoms with van der Waals surface area (Å²) in [5.74, 6) is -0.558. The van der Waals surface area contributed by atoms with E-state index in [1.165, 1.54) is 6.20 Å². The lowest BCUT2D eigenvalue weighted by molar-refractivity contribution is 0.0204. The molecule has 1 saturated heterocycles. The van der Waals surface area contributed by atoms with Gasteiger partial charge in [0.25, 0.3) is 0 Å². The monoisotopic (exact) mass is 411 g/mol. The standard InChI is InChI=1S/C19H33N3O5Si/c1-19(2,3)27-18(25)22-9-7-8-15(22)16-20-14(17(23)24)12-21(16)13-26-10-11-28(4,5)6/h12,15H,7-11,13H2,1-6H3,(H,23,24). The second kappa shape index (κ2) is 8.65. The van der Waals surface area contributed by atoms with Crippen LogP contribution in [0.2, 0.25) is 25.7 Å². The number of carbonyl (C=O) groups excluding carboxylic acids is 1. The summed E-state index contributed by atoms with van der Waals surface area (Å²) in [6.07, 6.45) is 2.61. The largest absolute Gasteiger partial charge is 0.476 e. The minimum absolute atomic E-state index is 0.0418. The van der Waals surface area contributed by atoms with Crippen LogP contribution in [0.25, 0.3) is 0 Å². The number of carboxylic acids is 1. The van der Waals surface area contributed by atoms with E-state index in [1.807, 2.05) is 20.8 Å². The number of nitrogens with zero attached hydrogens (tertiary/aromatic N) is 3. The number of hydrogen-bond acceptors (Lipinski definition) is 5. The van der Waals surface area contributed by atoms with Gasteiger partial charge in [-0.05, 0) is 39.7 Å². The van der Waals surface area contributed by atoms with E-state index < -0.39 is 25.7 Å². The second-order valence-electron chi connectivity index (χ2n) is 9.44. The fourth-order valence-corrected chi connectivity index (χ4v) is 3.77. The maximum Gasteiger partial charge on any atom is 0.410 e. The number of imidazole rings is 1. The van der Waals surface area contributed by atoms with E-state index in [1.54, 1.807) is 9.47 Å². The van der Waals surface area contributed by atoms with Crippen LogP contribution in [0.4, 0.5) is 4.79 Å². The molecule has 158 valence electrons. The maximum atomic E-state index is 12.6. The van der Waals surface area contributed by atoms with Gasteiger partial charge >= 0.3 is 12.1 Å². The van der Waals surface area contributed by atoms with Crippen LogP contribution in [0.15, 0.2) is 6.20 Å². The molecule has 1 fully saturated rings. The van der Waals surface area contributed by atoms with Gasteiger partial charge in [-0.2, -0.15) is 0 Å². The molecule has 0 aromatic carbocycles. The Morgan fingerprint density at radius 2 is 2.00 bits per heavy atom. The van der Waals surface area contributed by atoms with E-state index in [0.29, 0.717) is 25.4 Å². The Bertz CT molecular complexity index is 705. The Morgan fingerprint density at radius 3 is 2.57 bits per heavy atom. The number of likely N-dealkylation sites (tertiary alicyclic amines) is 1. The Kier molecular flexibility index (Phi) is 6.92. The SMILES string of the molecule is CC(C)(C)OC(=O)N1CCCC1c1nc(C(=O)O)cn1COCC[Si](C)(C)C. The minimum atomic E-state index is -1.21. The summed E-state index contributed by atoms with van der Waals surface area (Å²) < 4.78 is 13.0. The highest BCUT2D eigenvalue weighted by Gasteiger charge is 2.36. The van der Waals surface area contributed by atoms with Gasteiger partial charge in [0.2, 0.25) is 0 Å². The summed E-state index contributed by atoms with van der Waals surface area (Å²) in [6.45, 7) is 13.7. The number of aromatic carboxylic acids is 1. The number of aromatic nitrogens is 2. The minimum Gasteiger partial charge on any atom is -0.476 e. The predicted molar refractivity (Wildman–Crippen MR) is 108 cm³/mol. The van der Waals surface area contributed by atoms with Crippen molar-refractivity contribution >= 4 is 20.1 Å². The van der Waals surface area contributed by atoms with Gasteiger partial charge in [0.1, 0.15) is 18.2 Å². The topological polar surface area (TPSA) is 93.9 Å². The summed E-state index contributed by atoms with van der Waals surface area (Å²) in [7, 11) is -1.21. The van der Waals surface area contributed by atoms with E-state index in [9.17, 15) is 14.7 Å². The van der Waals surface area contributed by atoms with Gasteiger partial charge in [-0.15, -0.1) is 0 Å². The van der Waals surface area contributed by atoms with Crippen molar-refractivity contribution in [3.8, 4) is 0 Å². The Morgan fingerprint density at radius 1 is 1.32 bits per heavy atom. The van der Waals surface area contributed by atoms with Crippen LogP contribution in [0, 0.1) is 0 Å². The molecule has 2 rings (SSSR count). The van der Waals surface area contributed by atoms with Crippen LogP contribution in [-0.2, 0) is 16.2 Å². The molecule has 1 aliphatic rings. The molecule has 0 spiro atoms. The number of rotatable bonds is 7. The fraction of sp³-hybridized carbons (Fsp3) is 0.737. The van der Waals surface area contributed by atoms with Crippen molar-refractivity contribution in [3.05, 3.63) is 17.7 Å². The number of carboxylic acid groups (broad SMARTS) is 1. The molecule has 1 aromatic rings. The molecule has 1 atom stereocenters. The average Bonchev–Trinajstić information content (AvgIpc) is 3.15. The lowest BCUT2D eigenvalue weighted by Crippen LogP contribution is -2.37. The van der Waals surface area contributed by atoms with Gasteiger partial charge in [-0.25, -0.2) is 14.6 Å². The summed E-state index contributed by atoms with van der Waals surface area (Å²) in [4.78, 5) is 29.9. The van der Waals surface area contributed by atoms with Crippen molar-refractivity contribution in [2.45, 2.75) is 77.7 Å². The lowest BCUT2D eigenvalue weighted by Gasteiger charge is -2.28.